The summed E-state index contributed by atoms with van der Waals surface area (Å²) in [4.78, 5) is 18.4. The van der Waals surface area contributed by atoms with Crippen molar-refractivity contribution in [2.45, 2.75) is 38.8 Å². The summed E-state index contributed by atoms with van der Waals surface area (Å²) >= 11 is 0. The minimum absolute atomic E-state index is 0.132. The molecule has 0 aliphatic carbocycles. The van der Waals surface area contributed by atoms with Crippen LogP contribution in [0.5, 0.6) is 5.88 Å². The van der Waals surface area contributed by atoms with Crippen LogP contribution in [0.2, 0.25) is 0 Å². The second-order valence-corrected chi connectivity index (χ2v) is 7.47. The summed E-state index contributed by atoms with van der Waals surface area (Å²) in [5, 5.41) is 9.68. The number of anilines is 1. The fraction of sp³-hybridized carbons (Fsp3) is 0.400. The van der Waals surface area contributed by atoms with E-state index in [1.54, 1.807) is 45.2 Å². The van der Waals surface area contributed by atoms with Crippen molar-refractivity contribution in [3.63, 3.8) is 0 Å². The van der Waals surface area contributed by atoms with Crippen molar-refractivity contribution in [3.05, 3.63) is 53.5 Å². The lowest BCUT2D eigenvalue weighted by atomic mass is 10.1. The van der Waals surface area contributed by atoms with Crippen molar-refractivity contribution in [3.8, 4) is 5.88 Å². The fourth-order valence-electron chi connectivity index (χ4n) is 2.84. The molecule has 1 N–H and O–H groups in total. The third-order valence-electron chi connectivity index (χ3n) is 4.05. The van der Waals surface area contributed by atoms with Crippen LogP contribution in [0.3, 0.4) is 0 Å². The van der Waals surface area contributed by atoms with Gasteiger partial charge in [0.1, 0.15) is 23.7 Å². The van der Waals surface area contributed by atoms with Crippen molar-refractivity contribution in [1.29, 1.82) is 0 Å². The first-order chi connectivity index (χ1) is 12.8. The van der Waals surface area contributed by atoms with Gasteiger partial charge in [-0.25, -0.2) is 14.2 Å². The Kier molecular flexibility index (Phi) is 5.32. The number of aromatic nitrogens is 1. The third kappa shape index (κ3) is 4.54. The Balaban J connectivity index is 1.92. The first kappa shape index (κ1) is 19.1. The van der Waals surface area contributed by atoms with Crippen LogP contribution in [0.4, 0.5) is 14.9 Å². The Bertz CT molecular complexity index is 818. The maximum atomic E-state index is 13.1. The Labute approximate surface area is 157 Å². The number of carbonyl (C=O) groups excluding carboxylic acids is 1. The molecule has 7 heteroatoms. The zero-order valence-electron chi connectivity index (χ0n) is 15.6. The van der Waals surface area contributed by atoms with Crippen LogP contribution >= 0.6 is 0 Å². The molecule has 6 nitrogen and oxygen atoms in total. The number of carbonyl (C=O) groups is 1. The van der Waals surface area contributed by atoms with Gasteiger partial charge in [-0.15, -0.1) is 0 Å². The first-order valence-corrected chi connectivity index (χ1v) is 8.76. The molecule has 0 bridgehead atoms. The molecular weight excluding hydrogens is 351 g/mol. The average molecular weight is 374 g/mol. The molecule has 0 fully saturated rings. The van der Waals surface area contributed by atoms with E-state index in [0.717, 1.165) is 11.1 Å². The van der Waals surface area contributed by atoms with Gasteiger partial charge < -0.3 is 14.6 Å². The highest BCUT2D eigenvalue weighted by Gasteiger charge is 2.36. The number of ether oxygens (including phenoxy) is 2. The molecule has 0 saturated heterocycles. The lowest BCUT2D eigenvalue weighted by Crippen LogP contribution is -2.50. The molecule has 0 spiro atoms. The van der Waals surface area contributed by atoms with E-state index in [9.17, 15) is 14.3 Å². The predicted octanol–water partition coefficient (Wildman–Crippen LogP) is 3.31. The van der Waals surface area contributed by atoms with Crippen molar-refractivity contribution in [1.82, 2.24) is 4.98 Å². The molecule has 144 valence electrons. The minimum Gasteiger partial charge on any atom is -0.474 e. The predicted molar refractivity (Wildman–Crippen MR) is 98.5 cm³/mol. The van der Waals surface area contributed by atoms with E-state index in [2.05, 4.69) is 4.98 Å². The van der Waals surface area contributed by atoms with Gasteiger partial charge in [-0.05, 0) is 56.5 Å². The number of hydrogen-bond acceptors (Lipinski definition) is 5. The molecule has 1 aromatic carbocycles. The Morgan fingerprint density at radius 2 is 2.04 bits per heavy atom. The summed E-state index contributed by atoms with van der Waals surface area (Å²) in [6.07, 6.45) is 1.62. The van der Waals surface area contributed by atoms with Gasteiger partial charge in [0.2, 0.25) is 5.88 Å². The monoisotopic (exact) mass is 374 g/mol. The standard InChI is InChI=1S/C20H23FN2O4/c1-20(2,3)27-19(25)23-16(11-24)12-26-18-17(23)9-14(10-22-18)8-13-4-6-15(21)7-5-13/h4-7,9-10,16,24H,8,11-12H2,1-3H3/t16-/m0/s1. The topological polar surface area (TPSA) is 71.9 Å². The number of fused-ring (bicyclic) bond motifs is 1. The van der Waals surface area contributed by atoms with Crippen LogP contribution in [-0.2, 0) is 11.2 Å². The maximum absolute atomic E-state index is 13.1. The number of aliphatic hydroxyl groups is 1. The number of halogens is 1. The molecule has 1 aliphatic heterocycles. The molecule has 0 unspecified atom stereocenters. The van der Waals surface area contributed by atoms with E-state index in [0.29, 0.717) is 18.0 Å². The highest BCUT2D eigenvalue weighted by molar-refractivity contribution is 5.90. The number of benzene rings is 1. The summed E-state index contributed by atoms with van der Waals surface area (Å²) in [5.74, 6) is 0.0195. The van der Waals surface area contributed by atoms with Crippen molar-refractivity contribution < 1.29 is 23.8 Å². The quantitative estimate of drug-likeness (QED) is 0.892. The number of pyridine rings is 1. The van der Waals surface area contributed by atoms with E-state index >= 15 is 0 Å². The van der Waals surface area contributed by atoms with E-state index in [4.69, 9.17) is 9.47 Å². The lowest BCUT2D eigenvalue weighted by Gasteiger charge is -2.36. The van der Waals surface area contributed by atoms with Crippen molar-refractivity contribution in [2.24, 2.45) is 0 Å². The van der Waals surface area contributed by atoms with Gasteiger partial charge in [-0.3, -0.25) is 4.90 Å². The molecule has 1 aromatic heterocycles. The molecule has 0 saturated carbocycles. The SMILES string of the molecule is CC(C)(C)OC(=O)N1c2cc(Cc3ccc(F)cc3)cnc2OC[C@@H]1CO. The largest absolute Gasteiger partial charge is 0.474 e. The first-order valence-electron chi connectivity index (χ1n) is 8.76. The fourth-order valence-corrected chi connectivity index (χ4v) is 2.84. The second kappa shape index (κ2) is 7.52. The number of aliphatic hydroxyl groups excluding tert-OH is 1. The van der Waals surface area contributed by atoms with Gasteiger partial charge in [0.25, 0.3) is 0 Å². The molecule has 1 amide bonds. The van der Waals surface area contributed by atoms with Gasteiger partial charge in [-0.2, -0.15) is 0 Å². The van der Waals surface area contributed by atoms with Crippen molar-refractivity contribution in [2.75, 3.05) is 18.1 Å². The molecule has 2 heterocycles. The molecule has 1 aliphatic rings. The number of amides is 1. The Hall–Kier alpha value is -2.67. The summed E-state index contributed by atoms with van der Waals surface area (Å²) in [6, 6.07) is 7.44. The smallest absolute Gasteiger partial charge is 0.415 e. The molecule has 1 atom stereocenters. The molecule has 27 heavy (non-hydrogen) atoms. The maximum Gasteiger partial charge on any atom is 0.415 e. The summed E-state index contributed by atoms with van der Waals surface area (Å²) < 4.78 is 24.2. The van der Waals surface area contributed by atoms with Crippen LogP contribution in [0, 0.1) is 5.82 Å². The van der Waals surface area contributed by atoms with E-state index in [1.165, 1.54) is 17.0 Å². The third-order valence-corrected chi connectivity index (χ3v) is 4.05. The highest BCUT2D eigenvalue weighted by Crippen LogP contribution is 2.34. The van der Waals surface area contributed by atoms with Crippen molar-refractivity contribution >= 4 is 11.8 Å². The van der Waals surface area contributed by atoms with E-state index in [1.807, 2.05) is 0 Å². The van der Waals surface area contributed by atoms with Gasteiger partial charge in [-0.1, -0.05) is 12.1 Å². The van der Waals surface area contributed by atoms with Crippen LogP contribution < -0.4 is 9.64 Å². The van der Waals surface area contributed by atoms with Crippen LogP contribution in [-0.4, -0.2) is 41.0 Å². The average Bonchev–Trinajstić information content (AvgIpc) is 2.61. The summed E-state index contributed by atoms with van der Waals surface area (Å²) in [6.45, 7) is 5.21. The number of rotatable bonds is 3. The van der Waals surface area contributed by atoms with Gasteiger partial charge >= 0.3 is 6.09 Å². The molecular formula is C20H23FN2O4. The van der Waals surface area contributed by atoms with Gasteiger partial charge in [0.05, 0.1) is 12.6 Å². The zero-order chi connectivity index (χ0) is 19.6. The number of nitrogens with zero attached hydrogens (tertiary/aromatic N) is 2. The van der Waals surface area contributed by atoms with Crippen LogP contribution in [0.15, 0.2) is 36.5 Å². The van der Waals surface area contributed by atoms with Crippen LogP contribution in [0.25, 0.3) is 0 Å². The Morgan fingerprint density at radius 1 is 1.33 bits per heavy atom. The van der Waals surface area contributed by atoms with Crippen LogP contribution in [0.1, 0.15) is 31.9 Å². The zero-order valence-corrected chi connectivity index (χ0v) is 15.6. The van der Waals surface area contributed by atoms with Gasteiger partial charge in [0, 0.05) is 6.20 Å². The van der Waals surface area contributed by atoms with E-state index < -0.39 is 17.7 Å². The molecule has 2 aromatic rings. The van der Waals surface area contributed by atoms with E-state index in [-0.39, 0.29) is 19.0 Å². The lowest BCUT2D eigenvalue weighted by molar-refractivity contribution is 0.0517. The second-order valence-electron chi connectivity index (χ2n) is 7.47. The molecule has 0 radical (unpaired) electrons. The molecule has 3 rings (SSSR count). The summed E-state index contributed by atoms with van der Waals surface area (Å²) in [5.41, 5.74) is 1.53. The summed E-state index contributed by atoms with van der Waals surface area (Å²) in [7, 11) is 0. The minimum atomic E-state index is -0.672. The Morgan fingerprint density at radius 3 is 2.67 bits per heavy atom. The number of hydrogen-bond donors (Lipinski definition) is 1. The normalized spacial score (nSPS) is 16.5. The highest BCUT2D eigenvalue weighted by atomic mass is 19.1. The van der Waals surface area contributed by atoms with Gasteiger partial charge in [0.15, 0.2) is 0 Å².